The van der Waals surface area contributed by atoms with E-state index in [4.69, 9.17) is 16.7 Å². The van der Waals surface area contributed by atoms with Crippen molar-refractivity contribution < 1.29 is 5.21 Å². The maximum absolute atomic E-state index is 8.39. The highest BCUT2D eigenvalue weighted by molar-refractivity contribution is 5.84. The molecule has 0 aromatic heterocycles. The summed E-state index contributed by atoms with van der Waals surface area (Å²) in [4.78, 5) is 0. The molecule has 0 saturated heterocycles. The molecule has 1 aliphatic rings. The molecule has 0 heterocycles. The highest BCUT2D eigenvalue weighted by Crippen LogP contribution is 2.15. The Morgan fingerprint density at radius 1 is 1.75 bits per heavy atom. The largest absolute Gasteiger partial charge is 0.409 e. The summed E-state index contributed by atoms with van der Waals surface area (Å²) in [6.07, 6.45) is 6.57. The van der Waals surface area contributed by atoms with Gasteiger partial charge in [0.2, 0.25) is 0 Å². The third kappa shape index (κ3) is 1.85. The number of amidine groups is 1. The van der Waals surface area contributed by atoms with E-state index in [-0.39, 0.29) is 11.8 Å². The van der Waals surface area contributed by atoms with Gasteiger partial charge in [-0.3, -0.25) is 0 Å². The van der Waals surface area contributed by atoms with Gasteiger partial charge in [-0.2, -0.15) is 0 Å². The second kappa shape index (κ2) is 3.92. The van der Waals surface area contributed by atoms with Gasteiger partial charge in [-0.15, -0.1) is 0 Å². The van der Waals surface area contributed by atoms with Gasteiger partial charge in [-0.25, -0.2) is 0 Å². The summed E-state index contributed by atoms with van der Waals surface area (Å²) in [5, 5.41) is 11.3. The van der Waals surface area contributed by atoms with Crippen LogP contribution in [-0.2, 0) is 0 Å². The molecule has 0 aromatic carbocycles. The first-order valence-corrected chi connectivity index (χ1v) is 3.82. The highest BCUT2D eigenvalue weighted by atomic mass is 16.4. The first-order valence-electron chi connectivity index (χ1n) is 3.82. The van der Waals surface area contributed by atoms with Crippen molar-refractivity contribution in [1.82, 2.24) is 0 Å². The van der Waals surface area contributed by atoms with E-state index in [2.05, 4.69) is 5.16 Å². The van der Waals surface area contributed by atoms with Crippen LogP contribution in [0.25, 0.3) is 0 Å². The minimum atomic E-state index is 0.0188. The Labute approximate surface area is 71.2 Å². The van der Waals surface area contributed by atoms with Gasteiger partial charge in [0.1, 0.15) is 5.84 Å². The molecular formula is C8H13N3O. The standard InChI is InChI=1S/C8H13N3O/c9-5-6-1-3-7(4-2-6)8(10)11-12/h1-3,7,12H,4-5,9H2,(H2,10,11). The Kier molecular flexibility index (Phi) is 2.88. The van der Waals surface area contributed by atoms with E-state index in [1.807, 2.05) is 18.2 Å². The molecule has 0 fully saturated rings. The van der Waals surface area contributed by atoms with Crippen LogP contribution in [0.3, 0.4) is 0 Å². The summed E-state index contributed by atoms with van der Waals surface area (Å²) in [6.45, 7) is 0.541. The third-order valence-corrected chi connectivity index (χ3v) is 1.91. The molecule has 4 nitrogen and oxygen atoms in total. The number of oxime groups is 1. The molecule has 0 aromatic rings. The average Bonchev–Trinajstić information content (AvgIpc) is 2.17. The highest BCUT2D eigenvalue weighted by Gasteiger charge is 2.11. The van der Waals surface area contributed by atoms with Crippen LogP contribution in [0.15, 0.2) is 29.0 Å². The predicted octanol–water partition coefficient (Wildman–Crippen LogP) is 0.194. The lowest BCUT2D eigenvalue weighted by molar-refractivity contribution is 0.315. The number of allylic oxidation sites excluding steroid dienone is 1. The molecule has 1 atom stereocenters. The molecule has 0 amide bonds. The molecule has 5 N–H and O–H groups in total. The molecule has 1 unspecified atom stereocenters. The van der Waals surface area contributed by atoms with Gasteiger partial charge in [0.05, 0.1) is 0 Å². The quantitative estimate of drug-likeness (QED) is 0.237. The molecule has 0 saturated carbocycles. The van der Waals surface area contributed by atoms with Crippen molar-refractivity contribution in [2.24, 2.45) is 22.5 Å². The first-order chi connectivity index (χ1) is 5.77. The first kappa shape index (κ1) is 8.80. The Morgan fingerprint density at radius 3 is 2.92 bits per heavy atom. The van der Waals surface area contributed by atoms with E-state index in [0.29, 0.717) is 6.54 Å². The molecule has 0 aliphatic heterocycles. The van der Waals surface area contributed by atoms with Gasteiger partial charge in [-0.1, -0.05) is 23.4 Å². The van der Waals surface area contributed by atoms with E-state index in [9.17, 15) is 0 Å². The Morgan fingerprint density at radius 2 is 2.50 bits per heavy atom. The summed E-state index contributed by atoms with van der Waals surface area (Å²) in [5.74, 6) is 0.267. The van der Waals surface area contributed by atoms with Gasteiger partial charge in [0.15, 0.2) is 0 Å². The number of nitrogens with two attached hydrogens (primary N) is 2. The summed E-state index contributed by atoms with van der Waals surface area (Å²) in [5.41, 5.74) is 11.9. The van der Waals surface area contributed by atoms with Crippen molar-refractivity contribution in [2.45, 2.75) is 6.42 Å². The van der Waals surface area contributed by atoms with Gasteiger partial charge >= 0.3 is 0 Å². The Balaban J connectivity index is 2.60. The number of nitrogens with zero attached hydrogens (tertiary/aromatic N) is 1. The van der Waals surface area contributed by atoms with E-state index in [1.54, 1.807) is 0 Å². The molecule has 0 spiro atoms. The monoisotopic (exact) mass is 167 g/mol. The minimum Gasteiger partial charge on any atom is -0.409 e. The van der Waals surface area contributed by atoms with Crippen LogP contribution in [-0.4, -0.2) is 17.6 Å². The second-order valence-corrected chi connectivity index (χ2v) is 2.71. The maximum atomic E-state index is 8.39. The third-order valence-electron chi connectivity index (χ3n) is 1.91. The van der Waals surface area contributed by atoms with Crippen molar-refractivity contribution >= 4 is 5.84 Å². The van der Waals surface area contributed by atoms with Crippen molar-refractivity contribution in [3.63, 3.8) is 0 Å². The maximum Gasteiger partial charge on any atom is 0.146 e. The lowest BCUT2D eigenvalue weighted by atomic mass is 9.96. The van der Waals surface area contributed by atoms with Crippen LogP contribution in [0.2, 0.25) is 0 Å². The number of hydrogen-bond donors (Lipinski definition) is 3. The fourth-order valence-electron chi connectivity index (χ4n) is 1.11. The lowest BCUT2D eigenvalue weighted by Crippen LogP contribution is -2.23. The zero-order valence-corrected chi connectivity index (χ0v) is 6.77. The van der Waals surface area contributed by atoms with E-state index in [0.717, 1.165) is 12.0 Å². The van der Waals surface area contributed by atoms with Gasteiger partial charge in [0.25, 0.3) is 0 Å². The molecule has 0 radical (unpaired) electrons. The summed E-state index contributed by atoms with van der Waals surface area (Å²) in [6, 6.07) is 0. The van der Waals surface area contributed by atoms with Crippen LogP contribution in [0.4, 0.5) is 0 Å². The molecular weight excluding hydrogens is 154 g/mol. The van der Waals surface area contributed by atoms with Crippen LogP contribution in [0.5, 0.6) is 0 Å². The summed E-state index contributed by atoms with van der Waals surface area (Å²) >= 11 is 0. The predicted molar refractivity (Wildman–Crippen MR) is 47.8 cm³/mol. The Hall–Kier alpha value is -1.29. The minimum absolute atomic E-state index is 0.0188. The number of hydrogen-bond acceptors (Lipinski definition) is 3. The van der Waals surface area contributed by atoms with Crippen LogP contribution in [0.1, 0.15) is 6.42 Å². The van der Waals surface area contributed by atoms with Crippen LogP contribution >= 0.6 is 0 Å². The van der Waals surface area contributed by atoms with E-state index < -0.39 is 0 Å². The zero-order valence-electron chi connectivity index (χ0n) is 6.77. The van der Waals surface area contributed by atoms with Gasteiger partial charge in [0, 0.05) is 12.5 Å². The fraction of sp³-hybridized carbons (Fsp3) is 0.375. The number of rotatable bonds is 2. The SMILES string of the molecule is NCC1=CCC(/C(N)=N/O)C=C1. The summed E-state index contributed by atoms with van der Waals surface area (Å²) in [7, 11) is 0. The van der Waals surface area contributed by atoms with Crippen LogP contribution in [0, 0.1) is 5.92 Å². The van der Waals surface area contributed by atoms with Crippen molar-refractivity contribution in [3.8, 4) is 0 Å². The molecule has 66 valence electrons. The second-order valence-electron chi connectivity index (χ2n) is 2.71. The molecule has 1 aliphatic carbocycles. The normalized spacial score (nSPS) is 23.9. The Bertz CT molecular complexity index is 243. The van der Waals surface area contributed by atoms with Crippen molar-refractivity contribution in [1.29, 1.82) is 0 Å². The molecule has 4 heteroatoms. The lowest BCUT2D eigenvalue weighted by Gasteiger charge is -2.13. The smallest absolute Gasteiger partial charge is 0.146 e. The zero-order chi connectivity index (χ0) is 8.97. The molecule has 0 bridgehead atoms. The van der Waals surface area contributed by atoms with E-state index in [1.165, 1.54) is 0 Å². The average molecular weight is 167 g/mol. The molecule has 1 rings (SSSR count). The van der Waals surface area contributed by atoms with Gasteiger partial charge in [-0.05, 0) is 12.0 Å². The van der Waals surface area contributed by atoms with Gasteiger partial charge < -0.3 is 16.7 Å². The van der Waals surface area contributed by atoms with Crippen LogP contribution < -0.4 is 11.5 Å². The topological polar surface area (TPSA) is 84.6 Å². The fourth-order valence-corrected chi connectivity index (χ4v) is 1.11. The van der Waals surface area contributed by atoms with E-state index >= 15 is 0 Å². The van der Waals surface area contributed by atoms with Crippen molar-refractivity contribution in [2.75, 3.05) is 6.54 Å². The summed E-state index contributed by atoms with van der Waals surface area (Å²) < 4.78 is 0. The van der Waals surface area contributed by atoms with Crippen molar-refractivity contribution in [3.05, 3.63) is 23.8 Å². The molecule has 12 heavy (non-hydrogen) atoms.